The number of hydrogen-bond acceptors (Lipinski definition) is 2. The Bertz CT molecular complexity index is 363. The van der Waals surface area contributed by atoms with E-state index in [1.54, 1.807) is 0 Å². The molecule has 4 heteroatoms. The van der Waals surface area contributed by atoms with Crippen LogP contribution in [0.1, 0.15) is 18.9 Å². The van der Waals surface area contributed by atoms with Gasteiger partial charge in [0.1, 0.15) is 0 Å². The van der Waals surface area contributed by atoms with E-state index in [4.69, 9.17) is 0 Å². The zero-order valence-electron chi connectivity index (χ0n) is 10.0. The SMILES string of the molecule is CC(=O)NCCNC(=O)CCc1ccccc1. The summed E-state index contributed by atoms with van der Waals surface area (Å²) < 4.78 is 0. The van der Waals surface area contributed by atoms with E-state index in [1.807, 2.05) is 30.3 Å². The van der Waals surface area contributed by atoms with Crippen molar-refractivity contribution in [2.45, 2.75) is 19.8 Å². The molecular weight excluding hydrogens is 216 g/mol. The standard InChI is InChI=1S/C13H18N2O2/c1-11(16)14-9-10-15-13(17)8-7-12-5-3-2-4-6-12/h2-6H,7-10H2,1H3,(H,14,16)(H,15,17). The van der Waals surface area contributed by atoms with Crippen LogP contribution in [0.15, 0.2) is 30.3 Å². The number of aryl methyl sites for hydroxylation is 1. The molecule has 2 amide bonds. The second-order valence-electron chi connectivity index (χ2n) is 3.82. The monoisotopic (exact) mass is 234 g/mol. The molecule has 0 fully saturated rings. The van der Waals surface area contributed by atoms with Crippen molar-refractivity contribution in [3.8, 4) is 0 Å². The normalized spacial score (nSPS) is 9.71. The summed E-state index contributed by atoms with van der Waals surface area (Å²) >= 11 is 0. The Labute approximate surface area is 101 Å². The van der Waals surface area contributed by atoms with Crippen LogP contribution in [0.2, 0.25) is 0 Å². The van der Waals surface area contributed by atoms with Crippen LogP contribution in [0.3, 0.4) is 0 Å². The van der Waals surface area contributed by atoms with Crippen LogP contribution >= 0.6 is 0 Å². The van der Waals surface area contributed by atoms with E-state index in [9.17, 15) is 9.59 Å². The van der Waals surface area contributed by atoms with Crippen LogP contribution in [-0.2, 0) is 16.0 Å². The Hall–Kier alpha value is -1.84. The third kappa shape index (κ3) is 6.35. The largest absolute Gasteiger partial charge is 0.355 e. The minimum absolute atomic E-state index is 0.0132. The van der Waals surface area contributed by atoms with Crippen LogP contribution in [0.5, 0.6) is 0 Å². The van der Waals surface area contributed by atoms with Gasteiger partial charge in [0.2, 0.25) is 11.8 Å². The van der Waals surface area contributed by atoms with Gasteiger partial charge in [-0.3, -0.25) is 9.59 Å². The number of carbonyl (C=O) groups excluding carboxylic acids is 2. The van der Waals surface area contributed by atoms with Crippen molar-refractivity contribution in [1.82, 2.24) is 10.6 Å². The summed E-state index contributed by atoms with van der Waals surface area (Å²) in [6.07, 6.45) is 1.22. The number of benzene rings is 1. The van der Waals surface area contributed by atoms with Crippen molar-refractivity contribution in [3.63, 3.8) is 0 Å². The Balaban J connectivity index is 2.11. The highest BCUT2D eigenvalue weighted by Crippen LogP contribution is 2.01. The van der Waals surface area contributed by atoms with Gasteiger partial charge in [-0.1, -0.05) is 30.3 Å². The zero-order chi connectivity index (χ0) is 12.5. The number of hydrogen-bond donors (Lipinski definition) is 2. The predicted octanol–water partition coefficient (Wildman–Crippen LogP) is 0.871. The third-order valence-electron chi connectivity index (χ3n) is 2.30. The van der Waals surface area contributed by atoms with Crippen molar-refractivity contribution >= 4 is 11.8 Å². The van der Waals surface area contributed by atoms with Crippen LogP contribution < -0.4 is 10.6 Å². The molecule has 0 aromatic heterocycles. The number of amides is 2. The van der Waals surface area contributed by atoms with Gasteiger partial charge in [0.05, 0.1) is 0 Å². The quantitative estimate of drug-likeness (QED) is 0.718. The summed E-state index contributed by atoms with van der Waals surface area (Å²) in [5, 5.41) is 5.38. The number of nitrogens with one attached hydrogen (secondary N) is 2. The molecule has 0 unspecified atom stereocenters. The Morgan fingerprint density at radius 2 is 1.71 bits per heavy atom. The lowest BCUT2D eigenvalue weighted by atomic mass is 10.1. The lowest BCUT2D eigenvalue weighted by Gasteiger charge is -2.05. The fraction of sp³-hybridized carbons (Fsp3) is 0.385. The van der Waals surface area contributed by atoms with Crippen molar-refractivity contribution < 1.29 is 9.59 Å². The highest BCUT2D eigenvalue weighted by molar-refractivity contribution is 5.76. The maximum absolute atomic E-state index is 11.4. The molecule has 0 saturated heterocycles. The molecule has 0 saturated carbocycles. The third-order valence-corrected chi connectivity index (χ3v) is 2.30. The molecule has 2 N–H and O–H groups in total. The first-order valence-corrected chi connectivity index (χ1v) is 5.73. The van der Waals surface area contributed by atoms with Gasteiger partial charge in [-0.15, -0.1) is 0 Å². The van der Waals surface area contributed by atoms with E-state index < -0.39 is 0 Å². The lowest BCUT2D eigenvalue weighted by molar-refractivity contribution is -0.122. The van der Waals surface area contributed by atoms with E-state index in [0.717, 1.165) is 12.0 Å². The Kier molecular flexibility index (Phi) is 5.79. The zero-order valence-corrected chi connectivity index (χ0v) is 10.0. The van der Waals surface area contributed by atoms with Gasteiger partial charge in [-0.05, 0) is 12.0 Å². The maximum atomic E-state index is 11.4. The molecule has 0 aliphatic rings. The van der Waals surface area contributed by atoms with Gasteiger partial charge in [-0.2, -0.15) is 0 Å². The molecule has 0 atom stereocenters. The Morgan fingerprint density at radius 3 is 2.35 bits per heavy atom. The molecule has 0 aliphatic carbocycles. The van der Waals surface area contributed by atoms with Crippen molar-refractivity contribution in [2.24, 2.45) is 0 Å². The molecule has 1 aromatic carbocycles. The molecule has 0 spiro atoms. The maximum Gasteiger partial charge on any atom is 0.220 e. The topological polar surface area (TPSA) is 58.2 Å². The van der Waals surface area contributed by atoms with E-state index in [2.05, 4.69) is 10.6 Å². The van der Waals surface area contributed by atoms with Crippen molar-refractivity contribution in [2.75, 3.05) is 13.1 Å². The summed E-state index contributed by atoms with van der Waals surface area (Å²) in [6, 6.07) is 9.89. The highest BCUT2D eigenvalue weighted by Gasteiger charge is 2.01. The van der Waals surface area contributed by atoms with Gasteiger partial charge in [0.25, 0.3) is 0 Å². The number of carbonyl (C=O) groups is 2. The van der Waals surface area contributed by atoms with Crippen LogP contribution in [0.25, 0.3) is 0 Å². The van der Waals surface area contributed by atoms with E-state index in [1.165, 1.54) is 6.92 Å². The summed E-state index contributed by atoms with van der Waals surface area (Å²) in [4.78, 5) is 22.0. The Morgan fingerprint density at radius 1 is 1.06 bits per heavy atom. The first-order valence-electron chi connectivity index (χ1n) is 5.73. The fourth-order valence-corrected chi connectivity index (χ4v) is 1.43. The molecule has 1 rings (SSSR count). The molecule has 4 nitrogen and oxygen atoms in total. The summed E-state index contributed by atoms with van der Waals surface area (Å²) in [5.41, 5.74) is 1.16. The van der Waals surface area contributed by atoms with Crippen molar-refractivity contribution in [3.05, 3.63) is 35.9 Å². The first kappa shape index (κ1) is 13.2. The molecule has 0 heterocycles. The van der Waals surface area contributed by atoms with Gasteiger partial charge in [-0.25, -0.2) is 0 Å². The lowest BCUT2D eigenvalue weighted by Crippen LogP contribution is -2.33. The van der Waals surface area contributed by atoms with Crippen LogP contribution in [-0.4, -0.2) is 24.9 Å². The van der Waals surface area contributed by atoms with Gasteiger partial charge in [0.15, 0.2) is 0 Å². The smallest absolute Gasteiger partial charge is 0.220 e. The second-order valence-corrected chi connectivity index (χ2v) is 3.82. The second kappa shape index (κ2) is 7.44. The molecule has 0 radical (unpaired) electrons. The minimum atomic E-state index is -0.0801. The molecule has 0 bridgehead atoms. The first-order chi connectivity index (χ1) is 8.18. The van der Waals surface area contributed by atoms with Crippen molar-refractivity contribution in [1.29, 1.82) is 0 Å². The van der Waals surface area contributed by atoms with E-state index in [-0.39, 0.29) is 11.8 Å². The van der Waals surface area contributed by atoms with Crippen LogP contribution in [0.4, 0.5) is 0 Å². The average Bonchev–Trinajstić information content (AvgIpc) is 2.33. The molecule has 17 heavy (non-hydrogen) atoms. The summed E-state index contributed by atoms with van der Waals surface area (Å²) in [5.74, 6) is -0.0669. The van der Waals surface area contributed by atoms with Gasteiger partial charge >= 0.3 is 0 Å². The fourth-order valence-electron chi connectivity index (χ4n) is 1.43. The van der Waals surface area contributed by atoms with Gasteiger partial charge in [0, 0.05) is 26.4 Å². The molecular formula is C13H18N2O2. The van der Waals surface area contributed by atoms with E-state index >= 15 is 0 Å². The van der Waals surface area contributed by atoms with E-state index in [0.29, 0.717) is 19.5 Å². The molecule has 92 valence electrons. The predicted molar refractivity (Wildman–Crippen MR) is 66.5 cm³/mol. The molecule has 1 aromatic rings. The van der Waals surface area contributed by atoms with Crippen LogP contribution in [0, 0.1) is 0 Å². The number of rotatable bonds is 6. The minimum Gasteiger partial charge on any atom is -0.355 e. The summed E-state index contributed by atoms with van der Waals surface area (Å²) in [7, 11) is 0. The summed E-state index contributed by atoms with van der Waals surface area (Å²) in [6.45, 7) is 2.41. The molecule has 0 aliphatic heterocycles. The average molecular weight is 234 g/mol. The van der Waals surface area contributed by atoms with Gasteiger partial charge < -0.3 is 10.6 Å². The highest BCUT2D eigenvalue weighted by atomic mass is 16.2.